The minimum atomic E-state index is -0.177. The van der Waals surface area contributed by atoms with Crippen LogP contribution in [0.4, 0.5) is 11.4 Å². The molecule has 0 aliphatic heterocycles. The first-order valence-corrected chi connectivity index (χ1v) is 8.02. The van der Waals surface area contributed by atoms with E-state index < -0.39 is 0 Å². The molecule has 2 aromatic carbocycles. The predicted octanol–water partition coefficient (Wildman–Crippen LogP) is 2.65. The highest BCUT2D eigenvalue weighted by atomic mass is 16.5. The van der Waals surface area contributed by atoms with E-state index in [9.17, 15) is 9.59 Å². The molecule has 0 saturated carbocycles. The average molecular weight is 341 g/mol. The predicted molar refractivity (Wildman–Crippen MR) is 98.2 cm³/mol. The van der Waals surface area contributed by atoms with E-state index in [1.54, 1.807) is 23.1 Å². The zero-order valence-corrected chi connectivity index (χ0v) is 14.5. The molecule has 2 aromatic rings. The number of hydrogen-bond donors (Lipinski definition) is 2. The van der Waals surface area contributed by atoms with Crippen LogP contribution in [0.25, 0.3) is 0 Å². The summed E-state index contributed by atoms with van der Waals surface area (Å²) in [7, 11) is 1.53. The Hall–Kier alpha value is -3.02. The molecule has 0 aliphatic carbocycles. The van der Waals surface area contributed by atoms with Crippen molar-refractivity contribution in [2.45, 2.75) is 19.9 Å². The fourth-order valence-electron chi connectivity index (χ4n) is 2.42. The number of carbonyl (C=O) groups is 2. The van der Waals surface area contributed by atoms with Gasteiger partial charge in [-0.2, -0.15) is 0 Å². The van der Waals surface area contributed by atoms with Gasteiger partial charge in [-0.15, -0.1) is 0 Å². The topological polar surface area (TPSA) is 84.7 Å². The molecule has 0 radical (unpaired) electrons. The van der Waals surface area contributed by atoms with Crippen LogP contribution in [0.15, 0.2) is 48.5 Å². The minimum Gasteiger partial charge on any atom is -0.495 e. The quantitative estimate of drug-likeness (QED) is 0.758. The summed E-state index contributed by atoms with van der Waals surface area (Å²) in [5.74, 6) is 0.317. The molecule has 0 bridgehead atoms. The average Bonchev–Trinajstić information content (AvgIpc) is 2.59. The first-order chi connectivity index (χ1) is 12.0. The molecule has 25 heavy (non-hydrogen) atoms. The molecular weight excluding hydrogens is 318 g/mol. The Labute approximate surface area is 147 Å². The molecule has 0 saturated heterocycles. The third-order valence-corrected chi connectivity index (χ3v) is 3.78. The number of rotatable bonds is 7. The van der Waals surface area contributed by atoms with Crippen LogP contribution in [-0.4, -0.2) is 30.4 Å². The summed E-state index contributed by atoms with van der Waals surface area (Å²) in [5, 5.41) is 2.78. The van der Waals surface area contributed by atoms with E-state index in [1.807, 2.05) is 30.3 Å². The number of amides is 2. The number of methoxy groups -OCH3 is 1. The highest BCUT2D eigenvalue weighted by Crippen LogP contribution is 2.24. The van der Waals surface area contributed by atoms with Gasteiger partial charge in [0.1, 0.15) is 5.75 Å². The molecule has 0 spiro atoms. The van der Waals surface area contributed by atoms with E-state index in [-0.39, 0.29) is 18.2 Å². The molecule has 0 aliphatic rings. The molecule has 2 amide bonds. The second kappa shape index (κ2) is 8.73. The van der Waals surface area contributed by atoms with Crippen molar-refractivity contribution in [3.05, 3.63) is 54.1 Å². The summed E-state index contributed by atoms with van der Waals surface area (Å²) in [6, 6.07) is 14.7. The third-order valence-electron chi connectivity index (χ3n) is 3.78. The van der Waals surface area contributed by atoms with Crippen molar-refractivity contribution in [2.75, 3.05) is 24.7 Å². The van der Waals surface area contributed by atoms with Gasteiger partial charge in [0, 0.05) is 32.1 Å². The number of nitrogens with zero attached hydrogens (tertiary/aromatic N) is 1. The normalized spacial score (nSPS) is 10.2. The van der Waals surface area contributed by atoms with E-state index in [4.69, 9.17) is 10.5 Å². The Morgan fingerprint density at radius 3 is 2.48 bits per heavy atom. The molecule has 0 aromatic heterocycles. The van der Waals surface area contributed by atoms with Crippen LogP contribution in [0, 0.1) is 0 Å². The molecule has 0 atom stereocenters. The number of nitrogen functional groups attached to an aromatic ring is 1. The number of benzene rings is 2. The zero-order valence-electron chi connectivity index (χ0n) is 14.5. The second-order valence-corrected chi connectivity index (χ2v) is 5.68. The maximum absolute atomic E-state index is 12.1. The van der Waals surface area contributed by atoms with Gasteiger partial charge in [-0.05, 0) is 23.8 Å². The molecule has 0 unspecified atom stereocenters. The van der Waals surface area contributed by atoms with Gasteiger partial charge >= 0.3 is 0 Å². The van der Waals surface area contributed by atoms with Crippen molar-refractivity contribution < 1.29 is 14.3 Å². The summed E-state index contributed by atoms with van der Waals surface area (Å²) >= 11 is 0. The Balaban J connectivity index is 1.90. The Morgan fingerprint density at radius 2 is 1.88 bits per heavy atom. The molecule has 132 valence electrons. The monoisotopic (exact) mass is 341 g/mol. The summed E-state index contributed by atoms with van der Waals surface area (Å²) < 4.78 is 5.08. The Kier molecular flexibility index (Phi) is 6.39. The van der Waals surface area contributed by atoms with Crippen molar-refractivity contribution >= 4 is 23.2 Å². The fourth-order valence-corrected chi connectivity index (χ4v) is 2.42. The summed E-state index contributed by atoms with van der Waals surface area (Å²) in [6.45, 7) is 2.34. The maximum atomic E-state index is 12.1. The number of anilines is 2. The lowest BCUT2D eigenvalue weighted by Gasteiger charge is -2.21. The summed E-state index contributed by atoms with van der Waals surface area (Å²) in [4.78, 5) is 25.6. The van der Waals surface area contributed by atoms with E-state index in [0.29, 0.717) is 30.2 Å². The third kappa shape index (κ3) is 5.53. The number of carbonyl (C=O) groups excluding carboxylic acids is 2. The van der Waals surface area contributed by atoms with Crippen molar-refractivity contribution in [3.63, 3.8) is 0 Å². The summed E-state index contributed by atoms with van der Waals surface area (Å²) in [5.41, 5.74) is 7.91. The molecule has 6 heteroatoms. The van der Waals surface area contributed by atoms with Crippen LogP contribution in [0.1, 0.15) is 18.9 Å². The molecule has 0 fully saturated rings. The second-order valence-electron chi connectivity index (χ2n) is 5.68. The Bertz CT molecular complexity index is 732. The van der Waals surface area contributed by atoms with Crippen molar-refractivity contribution in [2.24, 2.45) is 0 Å². The SMILES string of the molecule is COc1ccc(NC(=O)CCN(Cc2ccccc2)C(C)=O)cc1N. The van der Waals surface area contributed by atoms with E-state index >= 15 is 0 Å². The van der Waals surface area contributed by atoms with Crippen molar-refractivity contribution in [1.82, 2.24) is 4.90 Å². The van der Waals surface area contributed by atoms with Crippen LogP contribution in [0.3, 0.4) is 0 Å². The van der Waals surface area contributed by atoms with E-state index in [2.05, 4.69) is 5.32 Å². The maximum Gasteiger partial charge on any atom is 0.226 e. The Morgan fingerprint density at radius 1 is 1.16 bits per heavy atom. The van der Waals surface area contributed by atoms with Gasteiger partial charge in [0.15, 0.2) is 0 Å². The zero-order chi connectivity index (χ0) is 18.2. The largest absolute Gasteiger partial charge is 0.495 e. The van der Waals surface area contributed by atoms with Crippen LogP contribution in [0.5, 0.6) is 5.75 Å². The highest BCUT2D eigenvalue weighted by molar-refractivity contribution is 5.91. The number of hydrogen-bond acceptors (Lipinski definition) is 4. The first-order valence-electron chi connectivity index (χ1n) is 8.02. The number of nitrogens with two attached hydrogens (primary N) is 1. The lowest BCUT2D eigenvalue weighted by molar-refractivity contribution is -0.129. The van der Waals surface area contributed by atoms with Crippen LogP contribution in [0.2, 0.25) is 0 Å². The molecule has 6 nitrogen and oxygen atoms in total. The first kappa shape index (κ1) is 18.3. The van der Waals surface area contributed by atoms with Crippen molar-refractivity contribution in [3.8, 4) is 5.75 Å². The van der Waals surface area contributed by atoms with Gasteiger partial charge in [0.25, 0.3) is 0 Å². The molecule has 3 N–H and O–H groups in total. The summed E-state index contributed by atoms with van der Waals surface area (Å²) in [6.07, 6.45) is 0.207. The van der Waals surface area contributed by atoms with Gasteiger partial charge in [-0.25, -0.2) is 0 Å². The van der Waals surface area contributed by atoms with Gasteiger partial charge in [-0.1, -0.05) is 30.3 Å². The smallest absolute Gasteiger partial charge is 0.226 e. The number of ether oxygens (including phenoxy) is 1. The minimum absolute atomic E-state index is 0.0645. The lowest BCUT2D eigenvalue weighted by Crippen LogP contribution is -2.31. The molecule has 2 rings (SSSR count). The molecular formula is C19H23N3O3. The van der Waals surface area contributed by atoms with E-state index in [0.717, 1.165) is 5.56 Å². The highest BCUT2D eigenvalue weighted by Gasteiger charge is 2.12. The standard InChI is InChI=1S/C19H23N3O3/c1-14(23)22(13-15-6-4-3-5-7-15)11-10-19(24)21-16-8-9-18(25-2)17(20)12-16/h3-9,12H,10-11,13,20H2,1-2H3,(H,21,24). The fraction of sp³-hybridized carbons (Fsp3) is 0.263. The van der Waals surface area contributed by atoms with Gasteiger partial charge in [0.2, 0.25) is 11.8 Å². The number of nitrogens with one attached hydrogen (secondary N) is 1. The van der Waals surface area contributed by atoms with Crippen LogP contribution in [-0.2, 0) is 16.1 Å². The lowest BCUT2D eigenvalue weighted by atomic mass is 10.2. The van der Waals surface area contributed by atoms with Gasteiger partial charge in [-0.3, -0.25) is 9.59 Å². The van der Waals surface area contributed by atoms with Gasteiger partial charge in [0.05, 0.1) is 12.8 Å². The van der Waals surface area contributed by atoms with Crippen LogP contribution >= 0.6 is 0 Å². The van der Waals surface area contributed by atoms with Crippen molar-refractivity contribution in [1.29, 1.82) is 0 Å². The van der Waals surface area contributed by atoms with E-state index in [1.165, 1.54) is 14.0 Å². The molecule has 0 heterocycles. The van der Waals surface area contributed by atoms with Gasteiger partial charge < -0.3 is 20.7 Å². The van der Waals surface area contributed by atoms with Crippen LogP contribution < -0.4 is 15.8 Å².